The number of nitrogens with one attached hydrogen (secondary N) is 1. The summed E-state index contributed by atoms with van der Waals surface area (Å²) in [6.45, 7) is 0.613. The summed E-state index contributed by atoms with van der Waals surface area (Å²) in [7, 11) is 1.81. The summed E-state index contributed by atoms with van der Waals surface area (Å²) in [5.41, 5.74) is 0.856. The third-order valence-electron chi connectivity index (χ3n) is 3.30. The molecule has 0 amide bonds. The van der Waals surface area contributed by atoms with Gasteiger partial charge in [-0.1, -0.05) is 6.07 Å². The fourth-order valence-corrected chi connectivity index (χ4v) is 2.32. The van der Waals surface area contributed by atoms with Crippen LogP contribution in [0.1, 0.15) is 24.8 Å². The van der Waals surface area contributed by atoms with Gasteiger partial charge >= 0.3 is 5.69 Å². The first-order chi connectivity index (χ1) is 9.11. The molecule has 6 nitrogen and oxygen atoms in total. The minimum absolute atomic E-state index is 0.0565. The average molecular weight is 266 g/mol. The largest absolute Gasteiger partial charge is 0.481 e. The molecule has 2 unspecified atom stereocenters. The first-order valence-corrected chi connectivity index (χ1v) is 6.38. The van der Waals surface area contributed by atoms with Gasteiger partial charge in [0, 0.05) is 12.6 Å². The van der Waals surface area contributed by atoms with Crippen molar-refractivity contribution in [1.82, 2.24) is 5.32 Å². The van der Waals surface area contributed by atoms with Gasteiger partial charge in [-0.15, -0.1) is 0 Å². The highest BCUT2D eigenvalue weighted by molar-refractivity contribution is 5.48. The number of benzene rings is 1. The number of hydrogen-bond donors (Lipinski definition) is 2. The van der Waals surface area contributed by atoms with Gasteiger partial charge in [0.15, 0.2) is 5.75 Å². The molecule has 1 fully saturated rings. The SMILES string of the molecule is CNCc1ccc([N+](=O)[O-])c(OC2CCCC2O)c1. The molecular formula is C13H18N2O4. The first kappa shape index (κ1) is 13.8. The molecular weight excluding hydrogens is 248 g/mol. The van der Waals surface area contributed by atoms with Gasteiger partial charge in [-0.2, -0.15) is 0 Å². The van der Waals surface area contributed by atoms with Gasteiger partial charge in [0.1, 0.15) is 6.10 Å². The Morgan fingerprint density at radius 3 is 2.89 bits per heavy atom. The second-order valence-electron chi connectivity index (χ2n) is 4.74. The van der Waals surface area contributed by atoms with Crippen LogP contribution in [0, 0.1) is 10.1 Å². The number of rotatable bonds is 5. The average Bonchev–Trinajstić information content (AvgIpc) is 2.75. The fraction of sp³-hybridized carbons (Fsp3) is 0.538. The van der Waals surface area contributed by atoms with Crippen LogP contribution >= 0.6 is 0 Å². The molecule has 2 N–H and O–H groups in total. The van der Waals surface area contributed by atoms with Gasteiger partial charge in [-0.3, -0.25) is 10.1 Å². The van der Waals surface area contributed by atoms with E-state index in [1.54, 1.807) is 12.1 Å². The van der Waals surface area contributed by atoms with E-state index in [1.807, 2.05) is 7.05 Å². The van der Waals surface area contributed by atoms with Crippen molar-refractivity contribution in [1.29, 1.82) is 0 Å². The van der Waals surface area contributed by atoms with E-state index in [2.05, 4.69) is 5.32 Å². The molecule has 2 atom stereocenters. The highest BCUT2D eigenvalue weighted by Gasteiger charge is 2.29. The molecule has 2 rings (SSSR count). The molecule has 0 bridgehead atoms. The summed E-state index contributed by atoms with van der Waals surface area (Å²) >= 11 is 0. The molecule has 19 heavy (non-hydrogen) atoms. The fourth-order valence-electron chi connectivity index (χ4n) is 2.32. The standard InChI is InChI=1S/C13H18N2O4/c1-14-8-9-5-6-10(15(17)18)13(7-9)19-12-4-2-3-11(12)16/h5-7,11-12,14,16H,2-4,8H2,1H3. The molecule has 0 spiro atoms. The van der Waals surface area contributed by atoms with Crippen molar-refractivity contribution in [3.05, 3.63) is 33.9 Å². The summed E-state index contributed by atoms with van der Waals surface area (Å²) in [5.74, 6) is 0.240. The van der Waals surface area contributed by atoms with E-state index < -0.39 is 11.0 Å². The van der Waals surface area contributed by atoms with Crippen molar-refractivity contribution in [2.75, 3.05) is 7.05 Å². The number of nitrogens with zero attached hydrogens (tertiary/aromatic N) is 1. The molecule has 1 aromatic carbocycles. The van der Waals surface area contributed by atoms with Crippen molar-refractivity contribution in [2.45, 2.75) is 38.0 Å². The van der Waals surface area contributed by atoms with E-state index in [-0.39, 0.29) is 17.5 Å². The second kappa shape index (κ2) is 5.99. The predicted molar refractivity (Wildman–Crippen MR) is 70.1 cm³/mol. The van der Waals surface area contributed by atoms with Gasteiger partial charge < -0.3 is 15.2 Å². The van der Waals surface area contributed by atoms with E-state index in [9.17, 15) is 15.2 Å². The van der Waals surface area contributed by atoms with Crippen LogP contribution < -0.4 is 10.1 Å². The van der Waals surface area contributed by atoms with Crippen LogP contribution in [0.25, 0.3) is 0 Å². The Morgan fingerprint density at radius 2 is 2.32 bits per heavy atom. The van der Waals surface area contributed by atoms with Gasteiger partial charge in [0.05, 0.1) is 11.0 Å². The smallest absolute Gasteiger partial charge is 0.310 e. The lowest BCUT2D eigenvalue weighted by Crippen LogP contribution is -2.26. The summed E-state index contributed by atoms with van der Waals surface area (Å²) in [6.07, 6.45) is 1.43. The monoisotopic (exact) mass is 266 g/mol. The Morgan fingerprint density at radius 1 is 1.53 bits per heavy atom. The Bertz CT molecular complexity index is 464. The van der Waals surface area contributed by atoms with Crippen molar-refractivity contribution in [3.8, 4) is 5.75 Å². The maximum atomic E-state index is 11.0. The molecule has 1 aliphatic rings. The molecule has 1 aliphatic carbocycles. The zero-order chi connectivity index (χ0) is 13.8. The Labute approximate surface area is 111 Å². The van der Waals surface area contributed by atoms with Gasteiger partial charge in [-0.05, 0) is 37.9 Å². The summed E-state index contributed by atoms with van der Waals surface area (Å²) in [4.78, 5) is 10.5. The van der Waals surface area contributed by atoms with E-state index >= 15 is 0 Å². The third kappa shape index (κ3) is 3.21. The summed E-state index contributed by atoms with van der Waals surface area (Å²) in [6, 6.07) is 4.82. The normalized spacial score (nSPS) is 22.4. The molecule has 0 heterocycles. The molecule has 0 aromatic heterocycles. The minimum Gasteiger partial charge on any atom is -0.481 e. The predicted octanol–water partition coefficient (Wildman–Crippen LogP) is 1.61. The topological polar surface area (TPSA) is 84.6 Å². The van der Waals surface area contributed by atoms with Crippen LogP contribution in [0.2, 0.25) is 0 Å². The lowest BCUT2D eigenvalue weighted by atomic mass is 10.2. The Hall–Kier alpha value is -1.66. The Kier molecular flexibility index (Phi) is 4.34. The molecule has 1 saturated carbocycles. The van der Waals surface area contributed by atoms with E-state index in [1.165, 1.54) is 6.07 Å². The first-order valence-electron chi connectivity index (χ1n) is 6.38. The number of ether oxygens (including phenoxy) is 1. The van der Waals surface area contributed by atoms with Crippen LogP contribution in [0.15, 0.2) is 18.2 Å². The second-order valence-corrected chi connectivity index (χ2v) is 4.74. The van der Waals surface area contributed by atoms with E-state index in [0.29, 0.717) is 13.0 Å². The maximum absolute atomic E-state index is 11.0. The maximum Gasteiger partial charge on any atom is 0.310 e. The molecule has 6 heteroatoms. The van der Waals surface area contributed by atoms with Crippen molar-refractivity contribution < 1.29 is 14.8 Å². The quantitative estimate of drug-likeness (QED) is 0.624. The summed E-state index contributed by atoms with van der Waals surface area (Å²) in [5, 5.41) is 23.7. The highest BCUT2D eigenvalue weighted by Crippen LogP contribution is 2.32. The molecule has 0 saturated heterocycles. The van der Waals surface area contributed by atoms with Crippen molar-refractivity contribution in [3.63, 3.8) is 0 Å². The van der Waals surface area contributed by atoms with Crippen LogP contribution in [0.4, 0.5) is 5.69 Å². The van der Waals surface area contributed by atoms with Crippen molar-refractivity contribution in [2.24, 2.45) is 0 Å². The minimum atomic E-state index is -0.535. The van der Waals surface area contributed by atoms with Crippen LogP contribution in [0.5, 0.6) is 5.75 Å². The van der Waals surface area contributed by atoms with Gasteiger partial charge in [-0.25, -0.2) is 0 Å². The van der Waals surface area contributed by atoms with Crippen molar-refractivity contribution >= 4 is 5.69 Å². The van der Waals surface area contributed by atoms with Crippen LogP contribution in [-0.4, -0.2) is 29.3 Å². The summed E-state index contributed by atoms with van der Waals surface area (Å²) < 4.78 is 5.65. The zero-order valence-electron chi connectivity index (χ0n) is 10.8. The highest BCUT2D eigenvalue weighted by atomic mass is 16.6. The van der Waals surface area contributed by atoms with E-state index in [4.69, 9.17) is 4.74 Å². The number of nitro groups is 1. The lowest BCUT2D eigenvalue weighted by Gasteiger charge is -2.17. The van der Waals surface area contributed by atoms with Crippen LogP contribution in [0.3, 0.4) is 0 Å². The Balaban J connectivity index is 2.24. The third-order valence-corrected chi connectivity index (χ3v) is 3.30. The number of aliphatic hydroxyl groups is 1. The molecule has 104 valence electrons. The molecule has 0 radical (unpaired) electrons. The zero-order valence-corrected chi connectivity index (χ0v) is 10.8. The van der Waals surface area contributed by atoms with Gasteiger partial charge in [0.2, 0.25) is 0 Å². The van der Waals surface area contributed by atoms with Gasteiger partial charge in [0.25, 0.3) is 0 Å². The molecule has 0 aliphatic heterocycles. The number of hydrogen-bond acceptors (Lipinski definition) is 5. The number of aliphatic hydroxyl groups excluding tert-OH is 1. The number of nitro benzene ring substituents is 1. The van der Waals surface area contributed by atoms with Crippen LogP contribution in [-0.2, 0) is 6.54 Å². The van der Waals surface area contributed by atoms with E-state index in [0.717, 1.165) is 18.4 Å². The lowest BCUT2D eigenvalue weighted by molar-refractivity contribution is -0.386. The molecule has 1 aromatic rings.